The van der Waals surface area contributed by atoms with Gasteiger partial charge < -0.3 is 24.5 Å². The van der Waals surface area contributed by atoms with E-state index in [0.29, 0.717) is 30.5 Å². The first-order chi connectivity index (χ1) is 15.7. The topological polar surface area (TPSA) is 104 Å². The average Bonchev–Trinajstić information content (AvgIpc) is 3.38. The van der Waals surface area contributed by atoms with Gasteiger partial charge in [0, 0.05) is 31.4 Å². The number of nitrogens with zero attached hydrogens (tertiary/aromatic N) is 5. The van der Waals surface area contributed by atoms with Crippen molar-refractivity contribution in [3.63, 3.8) is 0 Å². The molecule has 0 aliphatic heterocycles. The lowest BCUT2D eigenvalue weighted by molar-refractivity contribution is 0.00139. The van der Waals surface area contributed by atoms with E-state index < -0.39 is 0 Å². The van der Waals surface area contributed by atoms with E-state index in [0.717, 1.165) is 35.6 Å². The van der Waals surface area contributed by atoms with Crippen LogP contribution in [0.15, 0.2) is 41.1 Å². The van der Waals surface area contributed by atoms with Crippen LogP contribution < -0.4 is 15.4 Å². The highest BCUT2D eigenvalue weighted by Crippen LogP contribution is 2.33. The summed E-state index contributed by atoms with van der Waals surface area (Å²) < 4.78 is 19.5. The third kappa shape index (κ3) is 5.26. The first kappa shape index (κ1) is 23.0. The van der Waals surface area contributed by atoms with Crippen LogP contribution in [0.3, 0.4) is 0 Å². The number of likely N-dealkylation sites (N-methyl/N-ethyl adjacent to an activating group) is 1. The molecule has 1 unspecified atom stereocenters. The Morgan fingerprint density at radius 2 is 2.03 bits per heavy atom. The summed E-state index contributed by atoms with van der Waals surface area (Å²) in [4.78, 5) is 11.3. The first-order valence-electron chi connectivity index (χ1n) is 11.3. The van der Waals surface area contributed by atoms with Crippen LogP contribution in [0.2, 0.25) is 0 Å². The fraction of sp³-hybridized carbons (Fsp3) is 0.458. The predicted octanol–water partition coefficient (Wildman–Crippen LogP) is 3.90. The second-order valence-electron chi connectivity index (χ2n) is 9.07. The number of anilines is 1. The molecule has 0 aliphatic carbocycles. The molecule has 4 heterocycles. The van der Waals surface area contributed by atoms with Gasteiger partial charge in [-0.15, -0.1) is 5.10 Å². The molecule has 4 aromatic heterocycles. The highest BCUT2D eigenvalue weighted by atomic mass is 16.5. The smallest absolute Gasteiger partial charge is 0.231 e. The van der Waals surface area contributed by atoms with Gasteiger partial charge in [-0.3, -0.25) is 0 Å². The molecule has 0 aliphatic rings. The largest absolute Gasteiger partial charge is 0.475 e. The van der Waals surface area contributed by atoms with E-state index in [9.17, 15) is 0 Å². The Labute approximate surface area is 193 Å². The van der Waals surface area contributed by atoms with Crippen molar-refractivity contribution >= 4 is 22.4 Å². The van der Waals surface area contributed by atoms with Crippen molar-refractivity contribution in [1.82, 2.24) is 19.6 Å². The monoisotopic (exact) mass is 452 g/mol. The number of hydrogen-bond donors (Lipinski definition) is 1. The molecule has 9 heteroatoms. The lowest BCUT2D eigenvalue weighted by Crippen LogP contribution is -2.31. The van der Waals surface area contributed by atoms with Crippen LogP contribution in [0.25, 0.3) is 28.1 Å². The molecule has 0 amide bonds. The van der Waals surface area contributed by atoms with Crippen molar-refractivity contribution in [3.8, 4) is 17.3 Å². The molecule has 33 heavy (non-hydrogen) atoms. The second kappa shape index (κ2) is 9.36. The Hall–Kier alpha value is -3.17. The van der Waals surface area contributed by atoms with Crippen LogP contribution in [0, 0.1) is 0 Å². The summed E-state index contributed by atoms with van der Waals surface area (Å²) >= 11 is 0. The van der Waals surface area contributed by atoms with E-state index in [2.05, 4.69) is 47.7 Å². The molecule has 0 saturated carbocycles. The minimum absolute atomic E-state index is 0.0821. The number of fused-ring (bicyclic) bond motifs is 2. The van der Waals surface area contributed by atoms with E-state index in [1.54, 1.807) is 23.0 Å². The van der Waals surface area contributed by atoms with Crippen LogP contribution in [-0.4, -0.2) is 57.5 Å². The molecule has 2 N–H and O–H groups in total. The quantitative estimate of drug-likeness (QED) is 0.408. The normalized spacial score (nSPS) is 13.0. The lowest BCUT2D eigenvalue weighted by Gasteiger charge is -2.25. The van der Waals surface area contributed by atoms with Gasteiger partial charge in [0.25, 0.3) is 0 Å². The minimum Gasteiger partial charge on any atom is -0.475 e. The third-order valence-electron chi connectivity index (χ3n) is 5.09. The molecule has 0 aromatic carbocycles. The zero-order valence-corrected chi connectivity index (χ0v) is 19.9. The average molecular weight is 453 g/mol. The summed E-state index contributed by atoms with van der Waals surface area (Å²) in [5, 5.41) is 5.50. The van der Waals surface area contributed by atoms with Gasteiger partial charge in [0.2, 0.25) is 5.88 Å². The summed E-state index contributed by atoms with van der Waals surface area (Å²) in [5.74, 6) is 2.00. The van der Waals surface area contributed by atoms with Crippen molar-refractivity contribution in [2.75, 3.05) is 31.2 Å². The number of nitrogens with two attached hydrogens (primary N) is 1. The fourth-order valence-electron chi connectivity index (χ4n) is 3.52. The Morgan fingerprint density at radius 3 is 2.76 bits per heavy atom. The number of furan rings is 1. The van der Waals surface area contributed by atoms with Gasteiger partial charge in [-0.25, -0.2) is 14.5 Å². The maximum atomic E-state index is 6.19. The highest BCUT2D eigenvalue weighted by molar-refractivity contribution is 5.91. The molecule has 0 bridgehead atoms. The maximum Gasteiger partial charge on any atom is 0.231 e. The first-order valence-corrected chi connectivity index (χ1v) is 11.3. The van der Waals surface area contributed by atoms with E-state index in [1.807, 2.05) is 25.1 Å². The summed E-state index contributed by atoms with van der Waals surface area (Å²) in [6.07, 6.45) is 3.52. The van der Waals surface area contributed by atoms with E-state index >= 15 is 0 Å². The number of pyridine rings is 1. The van der Waals surface area contributed by atoms with Gasteiger partial charge in [0.05, 0.1) is 23.8 Å². The molecule has 1 atom stereocenters. The van der Waals surface area contributed by atoms with Gasteiger partial charge in [-0.05, 0) is 52.8 Å². The summed E-state index contributed by atoms with van der Waals surface area (Å²) in [6.45, 7) is 12.7. The molecule has 0 radical (unpaired) electrons. The van der Waals surface area contributed by atoms with Crippen molar-refractivity contribution in [2.45, 2.75) is 46.3 Å². The van der Waals surface area contributed by atoms with Gasteiger partial charge >= 0.3 is 0 Å². The predicted molar refractivity (Wildman–Crippen MR) is 129 cm³/mol. The van der Waals surface area contributed by atoms with Crippen LogP contribution in [0.4, 0.5) is 5.82 Å². The van der Waals surface area contributed by atoms with E-state index in [-0.39, 0.29) is 11.6 Å². The molecular formula is C24H32N6O3. The molecule has 0 spiro atoms. The number of hydrogen-bond acceptors (Lipinski definition) is 8. The SMILES string of the molecule is CCN(CCOC(C)(C)C)c1nccc2oc(-c3cnc4ccc(OCC(C)N)nn34)cc12. The number of rotatable bonds is 9. The molecular weight excluding hydrogens is 420 g/mol. The van der Waals surface area contributed by atoms with E-state index in [4.69, 9.17) is 19.6 Å². The van der Waals surface area contributed by atoms with Crippen molar-refractivity contribution in [2.24, 2.45) is 5.73 Å². The van der Waals surface area contributed by atoms with Gasteiger partial charge in [-0.2, -0.15) is 0 Å². The molecule has 0 saturated heterocycles. The van der Waals surface area contributed by atoms with Crippen LogP contribution in [0.5, 0.6) is 5.88 Å². The second-order valence-corrected chi connectivity index (χ2v) is 9.07. The Morgan fingerprint density at radius 1 is 1.21 bits per heavy atom. The Bertz CT molecular complexity index is 1220. The van der Waals surface area contributed by atoms with Crippen molar-refractivity contribution in [1.29, 1.82) is 0 Å². The summed E-state index contributed by atoms with van der Waals surface area (Å²) in [7, 11) is 0. The molecule has 9 nitrogen and oxygen atoms in total. The zero-order chi connectivity index (χ0) is 23.6. The van der Waals surface area contributed by atoms with Crippen LogP contribution >= 0.6 is 0 Å². The zero-order valence-electron chi connectivity index (χ0n) is 19.9. The third-order valence-corrected chi connectivity index (χ3v) is 5.09. The number of imidazole rings is 1. The summed E-state index contributed by atoms with van der Waals surface area (Å²) in [6, 6.07) is 7.42. The highest BCUT2D eigenvalue weighted by Gasteiger charge is 2.19. The number of aromatic nitrogens is 4. The standard InChI is InChI=1S/C24H32N6O3/c1-6-29(11-12-32-24(3,4)5)23-17-13-20(33-19(17)9-10-26-23)18-14-27-21-7-8-22(28-30(18)21)31-15-16(2)25/h7-10,13-14,16H,6,11-12,15,25H2,1-5H3. The fourth-order valence-corrected chi connectivity index (χ4v) is 3.52. The summed E-state index contributed by atoms with van der Waals surface area (Å²) in [5.41, 5.74) is 7.80. The van der Waals surface area contributed by atoms with E-state index in [1.165, 1.54) is 0 Å². The van der Waals surface area contributed by atoms with Gasteiger partial charge in [0.1, 0.15) is 23.7 Å². The van der Waals surface area contributed by atoms with Crippen molar-refractivity contribution in [3.05, 3.63) is 36.7 Å². The van der Waals surface area contributed by atoms with Gasteiger partial charge in [-0.1, -0.05) is 0 Å². The van der Waals surface area contributed by atoms with Crippen LogP contribution in [0.1, 0.15) is 34.6 Å². The Kier molecular flexibility index (Phi) is 6.53. The van der Waals surface area contributed by atoms with Gasteiger partial charge in [0.15, 0.2) is 11.4 Å². The minimum atomic E-state index is -0.178. The Balaban J connectivity index is 1.66. The lowest BCUT2D eigenvalue weighted by atomic mass is 10.2. The molecule has 4 aromatic rings. The maximum absolute atomic E-state index is 6.19. The van der Waals surface area contributed by atoms with Crippen LogP contribution in [-0.2, 0) is 4.74 Å². The number of ether oxygens (including phenoxy) is 2. The van der Waals surface area contributed by atoms with Crippen molar-refractivity contribution < 1.29 is 13.9 Å². The molecule has 176 valence electrons. The molecule has 4 rings (SSSR count). The molecule has 0 fully saturated rings.